The molecule has 13 heavy (non-hydrogen) atoms. The van der Waals surface area contributed by atoms with Gasteiger partial charge in [-0.25, -0.2) is 4.79 Å². The zero-order valence-electron chi connectivity index (χ0n) is 7.12. The van der Waals surface area contributed by atoms with Crippen molar-refractivity contribution in [2.24, 2.45) is 0 Å². The second-order valence-electron chi connectivity index (χ2n) is 2.84. The molecule has 0 saturated carbocycles. The molecule has 0 unspecified atom stereocenters. The van der Waals surface area contributed by atoms with Crippen LogP contribution in [0.5, 0.6) is 0 Å². The number of halogens is 1. The molecule has 0 N–H and O–H groups in total. The van der Waals surface area contributed by atoms with E-state index in [0.29, 0.717) is 12.2 Å². The lowest BCUT2D eigenvalue weighted by Crippen LogP contribution is -2.16. The quantitative estimate of drug-likeness (QED) is 0.546. The Labute approximate surface area is 84.5 Å². The molecule has 2 rings (SSSR count). The summed E-state index contributed by atoms with van der Waals surface area (Å²) in [6.07, 6.45) is 3.52. The topological polar surface area (TPSA) is 35.5 Å². The molecule has 2 atom stereocenters. The van der Waals surface area contributed by atoms with Gasteiger partial charge < -0.3 is 9.47 Å². The van der Waals surface area contributed by atoms with Gasteiger partial charge >= 0.3 is 5.97 Å². The van der Waals surface area contributed by atoms with Gasteiger partial charge in [-0.05, 0) is 6.92 Å². The SMILES string of the molecule is CCOC(=O)C1=C(Br)[C@H]2C=C[C@H]1O2. The van der Waals surface area contributed by atoms with Crippen molar-refractivity contribution in [2.45, 2.75) is 19.1 Å². The number of rotatable bonds is 2. The molecule has 4 heteroatoms. The van der Waals surface area contributed by atoms with Crippen molar-refractivity contribution < 1.29 is 14.3 Å². The van der Waals surface area contributed by atoms with Crippen molar-refractivity contribution in [3.8, 4) is 0 Å². The smallest absolute Gasteiger partial charge is 0.337 e. The Morgan fingerprint density at radius 1 is 1.62 bits per heavy atom. The van der Waals surface area contributed by atoms with Crippen LogP contribution in [0.25, 0.3) is 0 Å². The molecule has 0 aromatic rings. The van der Waals surface area contributed by atoms with Crippen molar-refractivity contribution >= 4 is 21.9 Å². The molecular formula is C9H9BrO3. The van der Waals surface area contributed by atoms with E-state index in [1.165, 1.54) is 0 Å². The molecule has 3 nitrogen and oxygen atoms in total. The van der Waals surface area contributed by atoms with Gasteiger partial charge in [0.1, 0.15) is 12.2 Å². The summed E-state index contributed by atoms with van der Waals surface area (Å²) < 4.78 is 11.1. The molecule has 2 aliphatic rings. The largest absolute Gasteiger partial charge is 0.463 e. The van der Waals surface area contributed by atoms with Crippen LogP contribution in [0.15, 0.2) is 22.2 Å². The zero-order valence-corrected chi connectivity index (χ0v) is 8.71. The molecule has 2 heterocycles. The second-order valence-corrected chi connectivity index (χ2v) is 3.70. The van der Waals surface area contributed by atoms with Crippen molar-refractivity contribution in [3.63, 3.8) is 0 Å². The van der Waals surface area contributed by atoms with Gasteiger partial charge in [0.25, 0.3) is 0 Å². The van der Waals surface area contributed by atoms with E-state index in [2.05, 4.69) is 15.9 Å². The van der Waals surface area contributed by atoms with E-state index in [0.717, 1.165) is 4.48 Å². The summed E-state index contributed by atoms with van der Waals surface area (Å²) in [5, 5.41) is 0. The van der Waals surface area contributed by atoms with E-state index < -0.39 is 0 Å². The maximum atomic E-state index is 11.4. The van der Waals surface area contributed by atoms with Gasteiger partial charge in [0, 0.05) is 4.48 Å². The molecular weight excluding hydrogens is 236 g/mol. The minimum Gasteiger partial charge on any atom is -0.463 e. The maximum absolute atomic E-state index is 11.4. The first-order valence-corrected chi connectivity index (χ1v) is 4.93. The number of ether oxygens (including phenoxy) is 2. The number of hydrogen-bond acceptors (Lipinski definition) is 3. The Balaban J connectivity index is 2.20. The molecule has 70 valence electrons. The Morgan fingerprint density at radius 3 is 2.85 bits per heavy atom. The molecule has 0 fully saturated rings. The van der Waals surface area contributed by atoms with Gasteiger partial charge in [-0.15, -0.1) is 0 Å². The summed E-state index contributed by atoms with van der Waals surface area (Å²) in [4.78, 5) is 11.4. The van der Waals surface area contributed by atoms with Crippen LogP contribution in [0, 0.1) is 0 Å². The third-order valence-corrected chi connectivity index (χ3v) is 2.92. The molecule has 0 aromatic heterocycles. The summed E-state index contributed by atoms with van der Waals surface area (Å²) in [5.41, 5.74) is 0.606. The van der Waals surface area contributed by atoms with E-state index in [1.807, 2.05) is 12.2 Å². The molecule has 0 aliphatic carbocycles. The Hall–Kier alpha value is -0.610. The van der Waals surface area contributed by atoms with Gasteiger partial charge in [-0.1, -0.05) is 28.1 Å². The van der Waals surface area contributed by atoms with Crippen LogP contribution in [-0.2, 0) is 14.3 Å². The molecule has 0 saturated heterocycles. The fourth-order valence-corrected chi connectivity index (χ4v) is 2.12. The van der Waals surface area contributed by atoms with Gasteiger partial charge in [0.05, 0.1) is 12.2 Å². The Bertz CT molecular complexity index is 306. The predicted octanol–water partition coefficient (Wildman–Crippen LogP) is 1.54. The fourth-order valence-electron chi connectivity index (χ4n) is 1.47. The molecule has 2 aliphatic heterocycles. The number of esters is 1. The van der Waals surface area contributed by atoms with E-state index in [9.17, 15) is 4.79 Å². The third kappa shape index (κ3) is 1.34. The first kappa shape index (κ1) is 8.97. The summed E-state index contributed by atoms with van der Waals surface area (Å²) in [6.45, 7) is 2.18. The highest BCUT2D eigenvalue weighted by Gasteiger charge is 2.39. The minimum absolute atomic E-state index is 0.0793. The van der Waals surface area contributed by atoms with Crippen molar-refractivity contribution in [3.05, 3.63) is 22.2 Å². The predicted molar refractivity (Wildman–Crippen MR) is 50.4 cm³/mol. The standard InChI is InChI=1S/C9H9BrO3/c1-2-12-9(11)7-5-3-4-6(13-5)8(7)10/h3-6H,2H2,1H3/t5-,6-/m1/s1. The van der Waals surface area contributed by atoms with E-state index in [4.69, 9.17) is 9.47 Å². The van der Waals surface area contributed by atoms with Gasteiger partial charge in [-0.3, -0.25) is 0 Å². The average molecular weight is 245 g/mol. The van der Waals surface area contributed by atoms with Crippen LogP contribution in [0.1, 0.15) is 6.92 Å². The van der Waals surface area contributed by atoms with Crippen LogP contribution in [-0.4, -0.2) is 24.8 Å². The lowest BCUT2D eigenvalue weighted by Gasteiger charge is -2.07. The van der Waals surface area contributed by atoms with Crippen LogP contribution in [0.2, 0.25) is 0 Å². The number of hydrogen-bond donors (Lipinski definition) is 0. The fraction of sp³-hybridized carbons (Fsp3) is 0.444. The van der Waals surface area contributed by atoms with E-state index in [-0.39, 0.29) is 18.2 Å². The second kappa shape index (κ2) is 3.27. The lowest BCUT2D eigenvalue weighted by atomic mass is 10.1. The Morgan fingerprint density at radius 2 is 2.31 bits per heavy atom. The van der Waals surface area contributed by atoms with E-state index in [1.54, 1.807) is 6.92 Å². The van der Waals surface area contributed by atoms with Gasteiger partial charge in [-0.2, -0.15) is 0 Å². The summed E-state index contributed by atoms with van der Waals surface area (Å²) in [7, 11) is 0. The monoisotopic (exact) mass is 244 g/mol. The highest BCUT2D eigenvalue weighted by atomic mass is 79.9. The van der Waals surface area contributed by atoms with E-state index >= 15 is 0 Å². The summed E-state index contributed by atoms with van der Waals surface area (Å²) in [6, 6.07) is 0. The maximum Gasteiger partial charge on any atom is 0.337 e. The molecule has 0 spiro atoms. The Kier molecular flexibility index (Phi) is 2.26. The summed E-state index contributed by atoms with van der Waals surface area (Å²) >= 11 is 3.33. The van der Waals surface area contributed by atoms with Crippen molar-refractivity contribution in [1.29, 1.82) is 0 Å². The number of carbonyl (C=O) groups excluding carboxylic acids is 1. The lowest BCUT2D eigenvalue weighted by molar-refractivity contribution is -0.139. The minimum atomic E-state index is -0.286. The van der Waals surface area contributed by atoms with Gasteiger partial charge in [0.2, 0.25) is 0 Å². The first-order chi connectivity index (χ1) is 6.24. The first-order valence-electron chi connectivity index (χ1n) is 4.14. The molecule has 2 bridgehead atoms. The van der Waals surface area contributed by atoms with Crippen LogP contribution < -0.4 is 0 Å². The highest BCUT2D eigenvalue weighted by Crippen LogP contribution is 2.38. The van der Waals surface area contributed by atoms with Crippen LogP contribution in [0.4, 0.5) is 0 Å². The molecule has 0 amide bonds. The number of carbonyl (C=O) groups is 1. The van der Waals surface area contributed by atoms with Crippen LogP contribution >= 0.6 is 15.9 Å². The van der Waals surface area contributed by atoms with Crippen molar-refractivity contribution in [1.82, 2.24) is 0 Å². The normalized spacial score (nSPS) is 30.0. The zero-order chi connectivity index (χ0) is 9.42. The molecule has 0 radical (unpaired) electrons. The average Bonchev–Trinajstić information content (AvgIpc) is 2.63. The van der Waals surface area contributed by atoms with Crippen molar-refractivity contribution in [2.75, 3.05) is 6.61 Å². The van der Waals surface area contributed by atoms with Gasteiger partial charge in [0.15, 0.2) is 0 Å². The summed E-state index contributed by atoms with van der Waals surface area (Å²) in [5.74, 6) is -0.286. The van der Waals surface area contributed by atoms with Crippen LogP contribution in [0.3, 0.4) is 0 Å². The number of fused-ring (bicyclic) bond motifs is 2. The third-order valence-electron chi connectivity index (χ3n) is 2.04. The molecule has 0 aromatic carbocycles. The highest BCUT2D eigenvalue weighted by molar-refractivity contribution is 9.11.